The van der Waals surface area contributed by atoms with Crippen LogP contribution in [-0.4, -0.2) is 89.1 Å². The molecule has 3 amide bonds. The molecule has 3 aliphatic rings. The van der Waals surface area contributed by atoms with Gasteiger partial charge in [0.15, 0.2) is 17.2 Å². The fourth-order valence-electron chi connectivity index (χ4n) is 6.73. The second kappa shape index (κ2) is 13.5. The molecule has 0 aliphatic carbocycles. The highest BCUT2D eigenvalue weighted by atomic mass is 19.1. The van der Waals surface area contributed by atoms with Gasteiger partial charge in [0.05, 0.1) is 55.8 Å². The summed E-state index contributed by atoms with van der Waals surface area (Å²) in [6, 6.07) is 4.41. The minimum absolute atomic E-state index is 0.00984. The van der Waals surface area contributed by atoms with E-state index >= 15 is 0 Å². The van der Waals surface area contributed by atoms with Gasteiger partial charge in [0.25, 0.3) is 5.56 Å². The number of aliphatic hydroxyl groups is 1. The Bertz CT molecular complexity index is 1920. The van der Waals surface area contributed by atoms with Crippen LogP contribution in [0.2, 0.25) is 0 Å². The number of carbonyl (C=O) groups is 4. The van der Waals surface area contributed by atoms with Crippen LogP contribution in [0.3, 0.4) is 0 Å². The molecule has 2 aromatic heterocycles. The number of halogens is 1. The van der Waals surface area contributed by atoms with Gasteiger partial charge in [-0.1, -0.05) is 6.92 Å². The Morgan fingerprint density at radius 2 is 1.82 bits per heavy atom. The number of esters is 1. The maximum atomic E-state index is 15.0. The Hall–Kier alpha value is -4.93. The van der Waals surface area contributed by atoms with E-state index in [-0.39, 0.29) is 68.0 Å². The Morgan fingerprint density at radius 3 is 2.51 bits per heavy atom. The number of rotatable bonds is 10. The zero-order valence-corrected chi connectivity index (χ0v) is 27.2. The van der Waals surface area contributed by atoms with Gasteiger partial charge in [-0.15, -0.1) is 0 Å². The molecule has 0 radical (unpaired) electrons. The number of carbonyl (C=O) groups excluding carboxylic acids is 4. The lowest BCUT2D eigenvalue weighted by Gasteiger charge is -2.33. The van der Waals surface area contributed by atoms with Crippen molar-refractivity contribution in [3.8, 4) is 17.1 Å². The first-order valence-corrected chi connectivity index (χ1v) is 16.1. The number of ether oxygens (including phenoxy) is 2. The van der Waals surface area contributed by atoms with Gasteiger partial charge in [0.2, 0.25) is 17.7 Å². The van der Waals surface area contributed by atoms with Crippen molar-refractivity contribution in [1.82, 2.24) is 30.4 Å². The largest absolute Gasteiger partial charge is 0.494 e. The molecule has 15 nitrogen and oxygen atoms in total. The number of fused-ring (bicyclic) bond motifs is 5. The molecule has 1 aromatic carbocycles. The number of benzene rings is 1. The third-order valence-electron chi connectivity index (χ3n) is 9.49. The van der Waals surface area contributed by atoms with Crippen molar-refractivity contribution in [2.24, 2.45) is 5.73 Å². The zero-order chi connectivity index (χ0) is 35.0. The number of piperidine rings is 1. The van der Waals surface area contributed by atoms with Gasteiger partial charge in [-0.05, 0) is 37.0 Å². The van der Waals surface area contributed by atoms with Crippen LogP contribution >= 0.6 is 0 Å². The number of nitrogens with zero attached hydrogens (tertiary/aromatic N) is 3. The van der Waals surface area contributed by atoms with Gasteiger partial charge < -0.3 is 40.8 Å². The number of cyclic esters (lactones) is 1. The van der Waals surface area contributed by atoms with Gasteiger partial charge in [0, 0.05) is 48.3 Å². The average Bonchev–Trinajstić information content (AvgIpc) is 3.47. The molecule has 1 saturated heterocycles. The predicted molar refractivity (Wildman–Crippen MR) is 173 cm³/mol. The number of hydrogen-bond acceptors (Lipinski definition) is 11. The Labute approximate surface area is 279 Å². The van der Waals surface area contributed by atoms with Crippen molar-refractivity contribution in [1.29, 1.82) is 0 Å². The molecule has 3 aliphatic heterocycles. The second-order valence-electron chi connectivity index (χ2n) is 12.4. The first-order valence-electron chi connectivity index (χ1n) is 16.1. The molecule has 1 atom stereocenters. The van der Waals surface area contributed by atoms with Crippen LogP contribution in [0.5, 0.6) is 5.75 Å². The molecular formula is C33H38FN7O8. The molecule has 49 heavy (non-hydrogen) atoms. The molecule has 0 saturated carbocycles. The van der Waals surface area contributed by atoms with Crippen LogP contribution in [0, 0.1) is 5.82 Å². The SMILES string of the molecule is CC[C@@]1(O)C(=O)OCc2c1cc1n(c2=O)Cc2c-1nc1cc(F)c(OC)cc1c2CN1CCC(NC(=O)CNC(=O)CNC(=O)CN)CC1. The van der Waals surface area contributed by atoms with E-state index < -0.39 is 34.8 Å². The molecular weight excluding hydrogens is 641 g/mol. The second-order valence-corrected chi connectivity index (χ2v) is 12.4. The Balaban J connectivity index is 1.23. The highest BCUT2D eigenvalue weighted by molar-refractivity contribution is 5.90. The van der Waals surface area contributed by atoms with E-state index in [0.717, 1.165) is 11.1 Å². The van der Waals surface area contributed by atoms with E-state index in [0.29, 0.717) is 54.8 Å². The fourth-order valence-corrected chi connectivity index (χ4v) is 6.73. The smallest absolute Gasteiger partial charge is 0.343 e. The monoisotopic (exact) mass is 679 g/mol. The molecule has 3 aromatic rings. The number of likely N-dealkylation sites (tertiary alicyclic amines) is 1. The number of amides is 3. The third kappa shape index (κ3) is 6.34. The first kappa shape index (κ1) is 34.0. The van der Waals surface area contributed by atoms with Crippen molar-refractivity contribution >= 4 is 34.6 Å². The third-order valence-corrected chi connectivity index (χ3v) is 9.49. The number of pyridine rings is 2. The molecule has 5 heterocycles. The summed E-state index contributed by atoms with van der Waals surface area (Å²) < 4.78 is 27.0. The van der Waals surface area contributed by atoms with Crippen LogP contribution in [-0.2, 0) is 49.2 Å². The number of methoxy groups -OCH3 is 1. The van der Waals surface area contributed by atoms with E-state index in [2.05, 4.69) is 20.9 Å². The minimum atomic E-state index is -1.97. The number of aromatic nitrogens is 2. The average molecular weight is 680 g/mol. The summed E-state index contributed by atoms with van der Waals surface area (Å²) in [6.45, 7) is 2.49. The van der Waals surface area contributed by atoms with E-state index in [1.165, 1.54) is 13.2 Å². The van der Waals surface area contributed by atoms with Crippen LogP contribution in [0.4, 0.5) is 4.39 Å². The summed E-state index contributed by atoms with van der Waals surface area (Å²) in [6.07, 6.45) is 1.27. The van der Waals surface area contributed by atoms with Crippen LogP contribution in [0.25, 0.3) is 22.3 Å². The molecule has 6 N–H and O–H groups in total. The van der Waals surface area contributed by atoms with E-state index in [1.807, 2.05) is 0 Å². The van der Waals surface area contributed by atoms with Gasteiger partial charge in [-0.3, -0.25) is 24.1 Å². The summed E-state index contributed by atoms with van der Waals surface area (Å²) >= 11 is 0. The van der Waals surface area contributed by atoms with Crippen molar-refractivity contribution in [2.45, 2.75) is 57.5 Å². The molecule has 0 unspecified atom stereocenters. The van der Waals surface area contributed by atoms with Crippen LogP contribution in [0.1, 0.15) is 48.4 Å². The summed E-state index contributed by atoms with van der Waals surface area (Å²) in [5.41, 5.74) is 6.10. The normalized spacial score (nSPS) is 18.7. The van der Waals surface area contributed by atoms with E-state index in [4.69, 9.17) is 20.2 Å². The summed E-state index contributed by atoms with van der Waals surface area (Å²) in [5, 5.41) is 19.7. The molecule has 260 valence electrons. The van der Waals surface area contributed by atoms with Crippen LogP contribution in [0.15, 0.2) is 23.0 Å². The van der Waals surface area contributed by atoms with Gasteiger partial charge in [-0.25, -0.2) is 14.2 Å². The van der Waals surface area contributed by atoms with Crippen molar-refractivity contribution < 1.29 is 38.1 Å². The molecule has 1 fully saturated rings. The molecule has 0 bridgehead atoms. The topological polar surface area (TPSA) is 207 Å². The summed E-state index contributed by atoms with van der Waals surface area (Å²) in [5.74, 6) is -2.69. The highest BCUT2D eigenvalue weighted by Gasteiger charge is 2.45. The fraction of sp³-hybridized carbons (Fsp3) is 0.455. The highest BCUT2D eigenvalue weighted by Crippen LogP contribution is 2.41. The number of nitrogens with two attached hydrogens (primary N) is 1. The molecule has 16 heteroatoms. The van der Waals surface area contributed by atoms with Gasteiger partial charge >= 0.3 is 5.97 Å². The number of nitrogens with one attached hydrogen (secondary N) is 3. The van der Waals surface area contributed by atoms with Crippen molar-refractivity contribution in [3.63, 3.8) is 0 Å². The lowest BCUT2D eigenvalue weighted by Crippen LogP contribution is -2.48. The summed E-state index contributed by atoms with van der Waals surface area (Å²) in [7, 11) is 1.38. The Morgan fingerprint density at radius 1 is 1.10 bits per heavy atom. The van der Waals surface area contributed by atoms with Crippen molar-refractivity contribution in [2.75, 3.05) is 39.8 Å². The molecule has 6 rings (SSSR count). The predicted octanol–water partition coefficient (Wildman–Crippen LogP) is -0.501. The zero-order valence-electron chi connectivity index (χ0n) is 27.2. The minimum Gasteiger partial charge on any atom is -0.494 e. The first-order chi connectivity index (χ1) is 23.5. The number of hydrogen-bond donors (Lipinski definition) is 5. The standard InChI is InChI=1S/C33H38FN7O8/c1-3-33(47)22-9-25-30-20(15-41(25)31(45)21(22)16-49-32(33)46)19(18-8-26(48-2)23(34)10-24(18)39-30)14-40-6-4-17(5-7-40)38-29(44)13-37-28(43)12-36-27(42)11-35/h8-10,17,47H,3-7,11-16,35H2,1-2H3,(H,36,42)(H,37,43)(H,38,44)/t33-/m0/s1. The van der Waals surface area contributed by atoms with Gasteiger partial charge in [0.1, 0.15) is 6.61 Å². The van der Waals surface area contributed by atoms with Gasteiger partial charge in [-0.2, -0.15) is 0 Å². The summed E-state index contributed by atoms with van der Waals surface area (Å²) in [4.78, 5) is 69.0. The lowest BCUT2D eigenvalue weighted by molar-refractivity contribution is -0.172. The maximum Gasteiger partial charge on any atom is 0.343 e. The maximum absolute atomic E-state index is 15.0. The van der Waals surface area contributed by atoms with E-state index in [9.17, 15) is 33.5 Å². The van der Waals surface area contributed by atoms with E-state index in [1.54, 1.807) is 23.6 Å². The lowest BCUT2D eigenvalue weighted by atomic mass is 9.86. The van der Waals surface area contributed by atoms with Crippen LogP contribution < -0.4 is 32.0 Å². The Kier molecular flexibility index (Phi) is 9.37. The molecule has 0 spiro atoms. The van der Waals surface area contributed by atoms with Crippen molar-refractivity contribution in [3.05, 3.63) is 56.6 Å². The quantitative estimate of drug-likeness (QED) is 0.135.